The first-order chi connectivity index (χ1) is 35.1. The van der Waals surface area contributed by atoms with E-state index in [0.717, 1.165) is 63.7 Å². The van der Waals surface area contributed by atoms with Crippen LogP contribution in [0.1, 0.15) is 74.4 Å². The Kier molecular flexibility index (Phi) is 25.8. The summed E-state index contributed by atoms with van der Waals surface area (Å²) in [6.45, 7) is 17.4. The molecule has 0 saturated carbocycles. The molecule has 2 aliphatic rings. The molecule has 10 N–H and O–H groups in total. The van der Waals surface area contributed by atoms with Crippen LogP contribution in [0.25, 0.3) is 0 Å². The van der Waals surface area contributed by atoms with Gasteiger partial charge in [0.25, 0.3) is 0 Å². The number of phosphoric acid groups is 1. The second kappa shape index (κ2) is 30.6. The quantitative estimate of drug-likeness (QED) is 0.0206. The highest BCUT2D eigenvalue weighted by Crippen LogP contribution is 2.33. The van der Waals surface area contributed by atoms with Gasteiger partial charge in [-0.05, 0) is 105 Å². The van der Waals surface area contributed by atoms with Crippen LogP contribution in [0.4, 0.5) is 44.6 Å². The van der Waals surface area contributed by atoms with Crippen molar-refractivity contribution in [3.05, 3.63) is 118 Å². The molecule has 0 radical (unpaired) electrons. The van der Waals surface area contributed by atoms with E-state index < -0.39 is 16.1 Å². The molecule has 22 nitrogen and oxygen atoms in total. The molecule has 1 unspecified atom stereocenters. The number of piperazine rings is 2. The van der Waals surface area contributed by atoms with Gasteiger partial charge in [0.05, 0.1) is 14.2 Å². The maximum atomic E-state index is 12.9. The minimum Gasteiger partial charge on any atom is -0.565 e. The van der Waals surface area contributed by atoms with Gasteiger partial charge in [-0.3, -0.25) is 19.4 Å². The number of thiazole rings is 2. The second-order valence-corrected chi connectivity index (χ2v) is 20.6. The number of carbonyl (C=O) groups is 2. The number of benzene rings is 4. The van der Waals surface area contributed by atoms with E-state index in [1.807, 2.05) is 24.3 Å². The fraction of sp³-hybridized carbons (Fsp3) is 0.360. The zero-order chi connectivity index (χ0) is 54.1. The Hall–Kier alpha value is -6.11. The average Bonchev–Trinajstić information content (AvgIpc) is 3.95. The van der Waals surface area contributed by atoms with Gasteiger partial charge in [0.1, 0.15) is 32.9 Å². The highest BCUT2D eigenvalue weighted by molar-refractivity contribution is 7.45. The fourth-order valence-electron chi connectivity index (χ4n) is 7.64. The molecule has 2 fully saturated rings. The molecule has 2 aliphatic heterocycles. The van der Waals surface area contributed by atoms with Crippen LogP contribution >= 0.6 is 38.8 Å². The predicted octanol–water partition coefficient (Wildman–Crippen LogP) is 8.56. The van der Waals surface area contributed by atoms with Crippen LogP contribution in [0, 0.1) is 0 Å². The number of nitrogens with two attached hydrogens (primary N) is 2. The molecule has 26 heteroatoms. The summed E-state index contributed by atoms with van der Waals surface area (Å²) in [4.78, 5) is 75.6. The van der Waals surface area contributed by atoms with E-state index in [0.29, 0.717) is 54.7 Å². The highest BCUT2D eigenvalue weighted by atomic mass is 32.1. The van der Waals surface area contributed by atoms with Crippen molar-refractivity contribution in [2.75, 3.05) is 98.5 Å². The van der Waals surface area contributed by atoms with Gasteiger partial charge in [0, 0.05) is 104 Å². The summed E-state index contributed by atoms with van der Waals surface area (Å²) in [6, 6.07) is 31.9. The van der Waals surface area contributed by atoms with Crippen LogP contribution in [-0.2, 0) is 13.8 Å². The van der Waals surface area contributed by atoms with Gasteiger partial charge in [-0.25, -0.2) is 19.8 Å². The van der Waals surface area contributed by atoms with E-state index in [2.05, 4.69) is 96.8 Å². The number of nitrogen functional groups attached to an aromatic ring is 2. The molecule has 6 aromatic rings. The van der Waals surface area contributed by atoms with Gasteiger partial charge in [-0.2, -0.15) is 0 Å². The molecule has 8 rings (SSSR count). The minimum atomic E-state index is -4.64. The van der Waals surface area contributed by atoms with Gasteiger partial charge in [0.2, 0.25) is 11.6 Å². The van der Waals surface area contributed by atoms with Crippen molar-refractivity contribution in [1.82, 2.24) is 19.8 Å². The molecule has 416 valence electrons. The molecule has 2 aromatic heterocycles. The second-order valence-electron chi connectivity index (χ2n) is 17.0. The monoisotopic (exact) mass is 1130 g/mol. The molecule has 2 saturated heterocycles. The van der Waals surface area contributed by atoms with Crippen LogP contribution in [-0.4, -0.2) is 130 Å². The maximum absolute atomic E-state index is 12.9. The molecular weight excluding hydrogens is 1060 g/mol. The molecule has 0 aliphatic carbocycles. The standard InChI is InChI=1S/2C24H29N5O2S.2CH4.H3O4P.HO4P.H2/c2*1-16(2)28-11-13-29(14-12-28)19-9-7-18(8-10-19)26-24-27-23(25)22(32-24)21(30)17-5-4-6-20(15-17)31-3;;;1-5(2,3)4;1-4-5(2)3;/h2*4-10,15-16H,11-14,25H2,1-3H3,(H,26,27);2*1H4;(H3,1,2,3,4);1H;1H. The first-order valence-electron chi connectivity index (χ1n) is 23.0. The molecule has 0 spiro atoms. The van der Waals surface area contributed by atoms with Crippen molar-refractivity contribution in [2.24, 2.45) is 0 Å². The van der Waals surface area contributed by atoms with E-state index in [-0.39, 0.29) is 39.5 Å². The third kappa shape index (κ3) is 19.8. The van der Waals surface area contributed by atoms with Gasteiger partial charge >= 0.3 is 16.1 Å². The molecule has 76 heavy (non-hydrogen) atoms. The number of aromatic nitrogens is 2. The lowest BCUT2D eigenvalue weighted by Crippen LogP contribution is -2.48. The smallest absolute Gasteiger partial charge is 0.521 e. The van der Waals surface area contributed by atoms with Crippen molar-refractivity contribution in [1.29, 1.82) is 0 Å². The Labute approximate surface area is 454 Å². The molecule has 4 heterocycles. The number of methoxy groups -OCH3 is 2. The van der Waals surface area contributed by atoms with Gasteiger partial charge < -0.3 is 60.9 Å². The number of carbonyl (C=O) groups excluding carboxylic acids is 2. The summed E-state index contributed by atoms with van der Waals surface area (Å²) in [6.07, 6.45) is 0. The van der Waals surface area contributed by atoms with Crippen molar-refractivity contribution in [2.45, 2.75) is 54.6 Å². The lowest BCUT2D eigenvalue weighted by atomic mass is 10.1. The summed E-state index contributed by atoms with van der Waals surface area (Å²) in [5.41, 5.74) is 17.4. The van der Waals surface area contributed by atoms with Gasteiger partial charge in [-0.15, -0.1) is 0 Å². The van der Waals surface area contributed by atoms with Crippen LogP contribution < -0.4 is 46.3 Å². The topological polar surface area (TPSA) is 315 Å². The summed E-state index contributed by atoms with van der Waals surface area (Å²) >= 11 is 2.50. The number of hydrogen-bond acceptors (Lipinski definition) is 21. The van der Waals surface area contributed by atoms with E-state index in [9.17, 15) is 9.59 Å². The van der Waals surface area contributed by atoms with E-state index in [1.165, 1.54) is 34.0 Å². The Morgan fingerprint density at radius 3 is 1.25 bits per heavy atom. The summed E-state index contributed by atoms with van der Waals surface area (Å²) in [5, 5.41) is 14.8. The number of anilines is 8. The number of hydrogen-bond donors (Lipinski definition) is 8. The average molecular weight is 1130 g/mol. The van der Waals surface area contributed by atoms with Crippen molar-refractivity contribution < 1.29 is 59.1 Å². The first-order valence-corrected chi connectivity index (χ1v) is 27.3. The largest absolute Gasteiger partial charge is 0.565 e. The number of rotatable bonds is 15. The number of ketones is 2. The van der Waals surface area contributed by atoms with Crippen molar-refractivity contribution >= 4 is 95.0 Å². The predicted molar refractivity (Wildman–Crippen MR) is 304 cm³/mol. The number of nitrogens with one attached hydrogen (secondary N) is 2. The third-order valence-corrected chi connectivity index (χ3v) is 13.6. The highest BCUT2D eigenvalue weighted by Gasteiger charge is 2.23. The Morgan fingerprint density at radius 2 is 0.974 bits per heavy atom. The molecule has 0 amide bonds. The number of ether oxygens (including phenoxy) is 2. The summed E-state index contributed by atoms with van der Waals surface area (Å²) in [5.74, 6) is 1.38. The van der Waals surface area contributed by atoms with E-state index in [1.54, 1.807) is 62.8 Å². The third-order valence-electron chi connectivity index (χ3n) is 11.5. The van der Waals surface area contributed by atoms with Crippen LogP contribution in [0.2, 0.25) is 0 Å². The van der Waals surface area contributed by atoms with Crippen LogP contribution in [0.3, 0.4) is 0 Å². The van der Waals surface area contributed by atoms with Gasteiger partial charge in [0.15, 0.2) is 10.3 Å². The number of nitrogens with zero attached hydrogens (tertiary/aromatic N) is 6. The van der Waals surface area contributed by atoms with Crippen LogP contribution in [0.15, 0.2) is 97.1 Å². The Bertz CT molecular complexity index is 2650. The Balaban J connectivity index is 0.000000433. The lowest BCUT2D eigenvalue weighted by Gasteiger charge is -2.38. The minimum absolute atomic E-state index is 0. The maximum Gasteiger partial charge on any atom is 0.521 e. The molecule has 4 aromatic carbocycles. The molecule has 0 bridgehead atoms. The normalized spacial score (nSPS) is 13.8. The Morgan fingerprint density at radius 1 is 0.658 bits per heavy atom. The van der Waals surface area contributed by atoms with E-state index >= 15 is 0 Å². The fourth-order valence-corrected chi connectivity index (χ4v) is 9.37. The zero-order valence-electron chi connectivity index (χ0n) is 41.7. The zero-order valence-corrected chi connectivity index (χ0v) is 45.1. The molecular formula is C50H72N10O12P2S2. The SMILES string of the molecule is C.C.COc1cccc(C(=O)c2sc(Nc3ccc(N4CCN(C(C)C)CC4)cc3)nc2N)c1.COc1cccc(C(=O)c2sc(Nc3ccc(N4CCN(C(C)C)CC4)cc3)nc2N)c1.O=P(O)(O)O.O=[P+]([O-])OO.[HH]. The van der Waals surface area contributed by atoms with Crippen LogP contribution in [0.5, 0.6) is 11.5 Å². The van der Waals surface area contributed by atoms with Crippen molar-refractivity contribution in [3.63, 3.8) is 0 Å². The summed E-state index contributed by atoms with van der Waals surface area (Å²) in [7, 11) is -4.54. The van der Waals surface area contributed by atoms with Crippen molar-refractivity contribution in [3.8, 4) is 11.5 Å². The first kappa shape index (κ1) is 64.2. The van der Waals surface area contributed by atoms with E-state index in [4.69, 9.17) is 54.9 Å². The summed E-state index contributed by atoms with van der Waals surface area (Å²) < 4.78 is 30.9. The molecule has 1 atom stereocenters. The lowest BCUT2D eigenvalue weighted by molar-refractivity contribution is -0.244. The van der Waals surface area contributed by atoms with Gasteiger partial charge in [-0.1, -0.05) is 61.8 Å².